The molecule has 2 amide bonds. The van der Waals surface area contributed by atoms with Gasteiger partial charge in [-0.1, -0.05) is 42.7 Å². The lowest BCUT2D eigenvalue weighted by Gasteiger charge is -2.30. The van der Waals surface area contributed by atoms with Crippen LogP contribution in [-0.2, 0) is 16.1 Å². The SMILES string of the molecule is COc1ccc(OCCCC(=O)N(Cc2cccc(C)c2)[C@@H](C)C(=O)NC2CCCC2)cc1. The fraction of sp³-hybridized carbons (Fsp3) is 0.481. The second kappa shape index (κ2) is 12.3. The second-order valence-electron chi connectivity index (χ2n) is 8.80. The molecule has 1 aliphatic carbocycles. The molecule has 0 unspecified atom stereocenters. The van der Waals surface area contributed by atoms with Crippen molar-refractivity contribution in [3.63, 3.8) is 0 Å². The van der Waals surface area contributed by atoms with Crippen molar-refractivity contribution in [2.75, 3.05) is 13.7 Å². The van der Waals surface area contributed by atoms with E-state index in [0.717, 1.165) is 48.3 Å². The van der Waals surface area contributed by atoms with Crippen molar-refractivity contribution in [3.05, 3.63) is 59.7 Å². The molecule has 0 spiro atoms. The Balaban J connectivity index is 1.58. The highest BCUT2D eigenvalue weighted by molar-refractivity contribution is 5.87. The Hall–Kier alpha value is -3.02. The maximum Gasteiger partial charge on any atom is 0.242 e. The quantitative estimate of drug-likeness (QED) is 0.505. The molecular formula is C27H36N2O4. The van der Waals surface area contributed by atoms with E-state index < -0.39 is 6.04 Å². The van der Waals surface area contributed by atoms with E-state index in [2.05, 4.69) is 11.4 Å². The summed E-state index contributed by atoms with van der Waals surface area (Å²) in [5.74, 6) is 1.40. The highest BCUT2D eigenvalue weighted by atomic mass is 16.5. The van der Waals surface area contributed by atoms with Crippen LogP contribution in [0.25, 0.3) is 0 Å². The van der Waals surface area contributed by atoms with Gasteiger partial charge in [-0.3, -0.25) is 9.59 Å². The van der Waals surface area contributed by atoms with E-state index in [1.807, 2.05) is 56.3 Å². The normalized spacial score (nSPS) is 14.5. The number of hydrogen-bond acceptors (Lipinski definition) is 4. The van der Waals surface area contributed by atoms with Crippen molar-refractivity contribution in [3.8, 4) is 11.5 Å². The van der Waals surface area contributed by atoms with Gasteiger partial charge in [0.25, 0.3) is 0 Å². The largest absolute Gasteiger partial charge is 0.497 e. The number of rotatable bonds is 11. The number of amides is 2. The van der Waals surface area contributed by atoms with Gasteiger partial charge in [0.15, 0.2) is 0 Å². The van der Waals surface area contributed by atoms with E-state index in [4.69, 9.17) is 9.47 Å². The minimum Gasteiger partial charge on any atom is -0.497 e. The molecule has 2 aromatic rings. The first-order chi connectivity index (χ1) is 16.0. The lowest BCUT2D eigenvalue weighted by Crippen LogP contribution is -2.49. The summed E-state index contributed by atoms with van der Waals surface area (Å²) in [6.07, 6.45) is 5.24. The monoisotopic (exact) mass is 452 g/mol. The van der Waals surface area contributed by atoms with Gasteiger partial charge in [0.1, 0.15) is 17.5 Å². The second-order valence-corrected chi connectivity index (χ2v) is 8.80. The van der Waals surface area contributed by atoms with Crippen LogP contribution in [0.2, 0.25) is 0 Å². The van der Waals surface area contributed by atoms with Crippen LogP contribution in [0.3, 0.4) is 0 Å². The summed E-state index contributed by atoms with van der Waals surface area (Å²) >= 11 is 0. The molecule has 0 aromatic heterocycles. The lowest BCUT2D eigenvalue weighted by molar-refractivity contribution is -0.141. The Labute approximate surface area is 197 Å². The topological polar surface area (TPSA) is 67.9 Å². The first-order valence-electron chi connectivity index (χ1n) is 11.9. The number of carbonyl (C=O) groups is 2. The molecule has 0 radical (unpaired) electrons. The van der Waals surface area contributed by atoms with Crippen molar-refractivity contribution in [1.29, 1.82) is 0 Å². The van der Waals surface area contributed by atoms with Gasteiger partial charge in [-0.2, -0.15) is 0 Å². The molecule has 0 saturated heterocycles. The fourth-order valence-electron chi connectivity index (χ4n) is 4.21. The minimum atomic E-state index is -0.527. The van der Waals surface area contributed by atoms with Crippen LogP contribution in [0.15, 0.2) is 48.5 Å². The number of benzene rings is 2. The zero-order chi connectivity index (χ0) is 23.6. The van der Waals surface area contributed by atoms with Gasteiger partial charge in [-0.15, -0.1) is 0 Å². The van der Waals surface area contributed by atoms with Gasteiger partial charge in [-0.05, 0) is 62.9 Å². The summed E-state index contributed by atoms with van der Waals surface area (Å²) in [7, 11) is 1.62. The lowest BCUT2D eigenvalue weighted by atomic mass is 10.1. The summed E-state index contributed by atoms with van der Waals surface area (Å²) in [6, 6.07) is 15.2. The number of ether oxygens (including phenoxy) is 2. The van der Waals surface area contributed by atoms with Gasteiger partial charge in [0.05, 0.1) is 13.7 Å². The molecule has 0 aliphatic heterocycles. The van der Waals surface area contributed by atoms with Gasteiger partial charge in [0, 0.05) is 19.0 Å². The maximum atomic E-state index is 13.2. The van der Waals surface area contributed by atoms with E-state index in [9.17, 15) is 9.59 Å². The zero-order valence-corrected chi connectivity index (χ0v) is 20.0. The van der Waals surface area contributed by atoms with Gasteiger partial charge in [-0.25, -0.2) is 0 Å². The molecule has 3 rings (SSSR count). The molecule has 0 heterocycles. The standard InChI is InChI=1S/C27H36N2O4/c1-20-8-6-9-22(18-20)19-29(21(2)27(31)28-23-10-4-5-11-23)26(30)12-7-17-33-25-15-13-24(32-3)14-16-25/h6,8-9,13-16,18,21,23H,4-5,7,10-12,17,19H2,1-3H3,(H,28,31)/t21-/m0/s1. The average molecular weight is 453 g/mol. The van der Waals surface area contributed by atoms with Gasteiger partial charge < -0.3 is 19.7 Å². The van der Waals surface area contributed by atoms with E-state index in [-0.39, 0.29) is 17.9 Å². The van der Waals surface area contributed by atoms with Crippen LogP contribution in [0.5, 0.6) is 11.5 Å². The average Bonchev–Trinajstić information content (AvgIpc) is 3.33. The fourth-order valence-corrected chi connectivity index (χ4v) is 4.21. The Morgan fingerprint density at radius 3 is 2.45 bits per heavy atom. The van der Waals surface area contributed by atoms with Crippen LogP contribution in [0.4, 0.5) is 0 Å². The third-order valence-corrected chi connectivity index (χ3v) is 6.17. The molecule has 1 atom stereocenters. The number of methoxy groups -OCH3 is 1. The van der Waals surface area contributed by atoms with E-state index in [1.165, 1.54) is 0 Å². The molecule has 178 valence electrons. The number of carbonyl (C=O) groups excluding carboxylic acids is 2. The molecule has 6 heteroatoms. The molecule has 6 nitrogen and oxygen atoms in total. The summed E-state index contributed by atoms with van der Waals surface area (Å²) < 4.78 is 10.9. The van der Waals surface area contributed by atoms with Crippen molar-refractivity contribution >= 4 is 11.8 Å². The van der Waals surface area contributed by atoms with Crippen molar-refractivity contribution in [2.24, 2.45) is 0 Å². The van der Waals surface area contributed by atoms with Crippen LogP contribution < -0.4 is 14.8 Å². The number of aryl methyl sites for hydroxylation is 1. The van der Waals surface area contributed by atoms with Crippen molar-refractivity contribution in [2.45, 2.75) is 71.0 Å². The first kappa shape index (κ1) is 24.6. The molecule has 1 N–H and O–H groups in total. The molecule has 1 fully saturated rings. The first-order valence-corrected chi connectivity index (χ1v) is 11.9. The van der Waals surface area contributed by atoms with Gasteiger partial charge in [0.2, 0.25) is 11.8 Å². The van der Waals surface area contributed by atoms with E-state index in [0.29, 0.717) is 26.0 Å². The minimum absolute atomic E-state index is 0.0380. The molecule has 2 aromatic carbocycles. The molecule has 1 aliphatic rings. The number of hydrogen-bond donors (Lipinski definition) is 1. The Morgan fingerprint density at radius 1 is 1.09 bits per heavy atom. The maximum absolute atomic E-state index is 13.2. The molecule has 1 saturated carbocycles. The van der Waals surface area contributed by atoms with Crippen LogP contribution in [0, 0.1) is 6.92 Å². The zero-order valence-electron chi connectivity index (χ0n) is 20.0. The van der Waals surface area contributed by atoms with Crippen LogP contribution >= 0.6 is 0 Å². The van der Waals surface area contributed by atoms with E-state index in [1.54, 1.807) is 12.0 Å². The van der Waals surface area contributed by atoms with Crippen molar-refractivity contribution < 1.29 is 19.1 Å². The third kappa shape index (κ3) is 7.52. The highest BCUT2D eigenvalue weighted by Gasteiger charge is 2.28. The molecular weight excluding hydrogens is 416 g/mol. The van der Waals surface area contributed by atoms with Crippen LogP contribution in [-0.4, -0.2) is 42.5 Å². The predicted octanol–water partition coefficient (Wildman–Crippen LogP) is 4.64. The molecule has 0 bridgehead atoms. The number of nitrogens with zero attached hydrogens (tertiary/aromatic N) is 1. The predicted molar refractivity (Wildman–Crippen MR) is 129 cm³/mol. The highest BCUT2D eigenvalue weighted by Crippen LogP contribution is 2.20. The van der Waals surface area contributed by atoms with Crippen molar-refractivity contribution in [1.82, 2.24) is 10.2 Å². The third-order valence-electron chi connectivity index (χ3n) is 6.17. The van der Waals surface area contributed by atoms with Gasteiger partial charge >= 0.3 is 0 Å². The summed E-state index contributed by atoms with van der Waals surface area (Å²) in [5, 5.41) is 3.14. The Bertz CT molecular complexity index is 907. The van der Waals surface area contributed by atoms with E-state index >= 15 is 0 Å². The summed E-state index contributed by atoms with van der Waals surface area (Å²) in [5.41, 5.74) is 2.16. The number of nitrogens with one attached hydrogen (secondary N) is 1. The smallest absolute Gasteiger partial charge is 0.242 e. The Kier molecular flexibility index (Phi) is 9.16. The molecule has 33 heavy (non-hydrogen) atoms. The summed E-state index contributed by atoms with van der Waals surface area (Å²) in [6.45, 7) is 4.70. The Morgan fingerprint density at radius 2 is 1.79 bits per heavy atom. The van der Waals surface area contributed by atoms with Crippen LogP contribution in [0.1, 0.15) is 56.6 Å². The summed E-state index contributed by atoms with van der Waals surface area (Å²) in [4.78, 5) is 27.8.